The molecule has 6 fully saturated rings. The molecule has 28 heteroatoms. The van der Waals surface area contributed by atoms with E-state index in [9.17, 15) is 26.4 Å². The smallest absolute Gasteiger partial charge is 0.256 e. The number of aromatic nitrogens is 6. The summed E-state index contributed by atoms with van der Waals surface area (Å²) in [6.07, 6.45) is 7.94. The molecule has 0 radical (unpaired) electrons. The minimum atomic E-state index is -3.60. The summed E-state index contributed by atoms with van der Waals surface area (Å²) in [5.41, 5.74) is 3.60. The number of carbonyl (C=O) groups excluding carboxylic acids is 2. The number of anilines is 5. The highest BCUT2D eigenvalue weighted by Gasteiger charge is 2.37. The van der Waals surface area contributed by atoms with Gasteiger partial charge in [-0.25, -0.2) is 26.8 Å². The maximum Gasteiger partial charge on any atom is 0.256 e. The Morgan fingerprint density at radius 3 is 1.39 bits per heavy atom. The second kappa shape index (κ2) is 28.4. The van der Waals surface area contributed by atoms with Gasteiger partial charge in [-0.05, 0) is 99.8 Å². The van der Waals surface area contributed by atoms with Crippen molar-refractivity contribution in [2.75, 3.05) is 129 Å². The number of hydrogen-bond acceptors (Lipinski definition) is 16. The highest BCUT2D eigenvalue weighted by Crippen LogP contribution is 2.39. The van der Waals surface area contributed by atoms with Crippen molar-refractivity contribution >= 4 is 119 Å². The molecule has 22 nitrogen and oxygen atoms in total. The number of ether oxygens (including phenoxy) is 2. The molecule has 4 atom stereocenters. The van der Waals surface area contributed by atoms with Crippen molar-refractivity contribution in [1.82, 2.24) is 44.3 Å². The number of fused-ring (bicyclic) bond motifs is 2. The van der Waals surface area contributed by atoms with Crippen LogP contribution in [0.4, 0.5) is 28.8 Å². The number of halogens is 4. The van der Waals surface area contributed by atoms with E-state index >= 15 is 0 Å². The van der Waals surface area contributed by atoms with Crippen LogP contribution in [0.3, 0.4) is 0 Å². The molecule has 3 N–H and O–H groups in total. The topological polar surface area (TPSA) is 234 Å². The zero-order valence-corrected chi connectivity index (χ0v) is 51.0. The zero-order chi connectivity index (χ0) is 57.2. The van der Waals surface area contributed by atoms with E-state index in [-0.39, 0.29) is 85.5 Å². The number of nitrogens with one attached hydrogen (secondary N) is 3. The number of piperidine rings is 2. The maximum absolute atomic E-state index is 14.1. The number of hydrogen-bond donors (Lipinski definition) is 3. The lowest BCUT2D eigenvalue weighted by molar-refractivity contribution is 0.0532. The number of morpholine rings is 2. The molecule has 0 spiro atoms. The van der Waals surface area contributed by atoms with Gasteiger partial charge in [0.25, 0.3) is 11.8 Å². The summed E-state index contributed by atoms with van der Waals surface area (Å²) in [5.74, 6) is 2.67. The summed E-state index contributed by atoms with van der Waals surface area (Å²) in [6, 6.07) is 16.3. The number of nitrogens with zero attached hydrogens (tertiary/aromatic N) is 11. The quantitative estimate of drug-likeness (QED) is 0.103. The van der Waals surface area contributed by atoms with Gasteiger partial charge in [-0.2, -0.15) is 19.2 Å². The van der Waals surface area contributed by atoms with Crippen molar-refractivity contribution in [3.05, 3.63) is 98.4 Å². The molecular weight excluding hydrogens is 1200 g/mol. The number of benzene rings is 2. The Bertz CT molecular complexity index is 3500. The second-order valence-electron chi connectivity index (χ2n) is 21.7. The predicted octanol–water partition coefficient (Wildman–Crippen LogP) is 8.95. The predicted molar refractivity (Wildman–Crippen MR) is 336 cm³/mol. The zero-order valence-electron chi connectivity index (χ0n) is 46.3. The Labute approximate surface area is 514 Å². The molecule has 0 bridgehead atoms. The number of rotatable bonds is 11. The molecule has 0 aliphatic carbocycles. The van der Waals surface area contributed by atoms with Crippen molar-refractivity contribution < 1.29 is 35.9 Å². The molecule has 2 aromatic carbocycles. The van der Waals surface area contributed by atoms with Crippen LogP contribution in [-0.2, 0) is 29.5 Å². The lowest BCUT2D eigenvalue weighted by Crippen LogP contribution is -2.42. The number of carbonyl (C=O) groups is 2. The summed E-state index contributed by atoms with van der Waals surface area (Å²) in [6.45, 7) is 15.2. The Balaban J connectivity index is 0.000000219. The van der Waals surface area contributed by atoms with Crippen LogP contribution in [0.25, 0.3) is 11.3 Å². The third kappa shape index (κ3) is 15.8. The van der Waals surface area contributed by atoms with Crippen molar-refractivity contribution in [1.29, 1.82) is 0 Å². The molecule has 4 aromatic heterocycles. The molecule has 12 rings (SSSR count). The molecule has 460 valence electrons. The lowest BCUT2D eigenvalue weighted by atomic mass is 9.91. The minimum Gasteiger partial charge on any atom is -0.378 e. The van der Waals surface area contributed by atoms with Gasteiger partial charge in [0.15, 0.2) is 11.3 Å². The molecule has 84 heavy (non-hydrogen) atoms. The first-order valence-corrected chi connectivity index (χ1v) is 32.4. The van der Waals surface area contributed by atoms with Crippen LogP contribution in [0.15, 0.2) is 60.7 Å². The molecule has 2 amide bonds. The van der Waals surface area contributed by atoms with Gasteiger partial charge in [0.05, 0.1) is 84.9 Å². The molecule has 6 aromatic rings. The Morgan fingerprint density at radius 1 is 0.583 bits per heavy atom. The van der Waals surface area contributed by atoms with E-state index in [1.165, 1.54) is 43.8 Å². The average molecular weight is 1280 g/mol. The fraction of sp³-hybridized carbons (Fsp3) is 0.536. The fourth-order valence-electron chi connectivity index (χ4n) is 10.8. The number of likely N-dealkylation sites (tertiary alicyclic amines) is 2. The van der Waals surface area contributed by atoms with Gasteiger partial charge in [-0.1, -0.05) is 63.5 Å². The average Bonchev–Trinajstić information content (AvgIpc) is 1.91. The van der Waals surface area contributed by atoms with E-state index in [2.05, 4.69) is 54.4 Å². The van der Waals surface area contributed by atoms with Gasteiger partial charge in [0, 0.05) is 86.7 Å². The summed E-state index contributed by atoms with van der Waals surface area (Å²) < 4.78 is 67.6. The molecule has 10 heterocycles. The highest BCUT2D eigenvalue weighted by atomic mass is 35.5. The first-order valence-electron chi connectivity index (χ1n) is 27.5. The fourth-order valence-corrected chi connectivity index (χ4v) is 12.5. The summed E-state index contributed by atoms with van der Waals surface area (Å²) in [5, 5.41) is 14.1. The first-order chi connectivity index (χ1) is 38.7. The third-order valence-corrected chi connectivity index (χ3v) is 17.1. The second-order valence-corrected chi connectivity index (χ2v) is 26.4. The molecule has 0 saturated carbocycles. The lowest BCUT2D eigenvalue weighted by Gasteiger charge is -2.38. The van der Waals surface area contributed by atoms with Crippen LogP contribution in [-0.4, -0.2) is 172 Å². The van der Waals surface area contributed by atoms with Crippen molar-refractivity contribution in [2.24, 2.45) is 11.8 Å². The van der Waals surface area contributed by atoms with Crippen molar-refractivity contribution in [3.8, 4) is 0 Å². The summed E-state index contributed by atoms with van der Waals surface area (Å²) >= 11 is 18.8. The molecule has 6 saturated heterocycles. The van der Waals surface area contributed by atoms with Gasteiger partial charge in [-0.15, -0.1) is 12.4 Å². The largest absolute Gasteiger partial charge is 0.378 e. The first kappa shape index (κ1) is 66.1. The van der Waals surface area contributed by atoms with Crippen LogP contribution >= 0.6 is 47.2 Å². The Morgan fingerprint density at radius 2 is 1.00 bits per heavy atom. The third-order valence-electron chi connectivity index (χ3n) is 15.2. The van der Waals surface area contributed by atoms with E-state index < -0.39 is 20.0 Å². The van der Waals surface area contributed by atoms with Crippen LogP contribution < -0.4 is 29.5 Å². The van der Waals surface area contributed by atoms with Gasteiger partial charge < -0.3 is 39.3 Å². The van der Waals surface area contributed by atoms with Crippen LogP contribution in [0.1, 0.15) is 111 Å². The van der Waals surface area contributed by atoms with Crippen molar-refractivity contribution in [3.63, 3.8) is 0 Å². The van der Waals surface area contributed by atoms with Gasteiger partial charge in [0.2, 0.25) is 20.0 Å². The minimum absolute atomic E-state index is 0. The molecule has 0 unspecified atom stereocenters. The summed E-state index contributed by atoms with van der Waals surface area (Å²) in [4.78, 5) is 47.6. The van der Waals surface area contributed by atoms with Gasteiger partial charge in [0.1, 0.15) is 22.6 Å². The van der Waals surface area contributed by atoms with E-state index in [1.54, 1.807) is 32.5 Å². The van der Waals surface area contributed by atoms with E-state index in [0.717, 1.165) is 93.2 Å². The van der Waals surface area contributed by atoms with Gasteiger partial charge >= 0.3 is 0 Å². The Kier molecular flexibility index (Phi) is 22.3. The number of amides is 2. The normalized spacial score (nSPS) is 20.8. The summed E-state index contributed by atoms with van der Waals surface area (Å²) in [7, 11) is -7.20. The van der Waals surface area contributed by atoms with E-state index in [1.807, 2.05) is 16.6 Å². The SMILES string of the molecule is C.C.C1CNC1.C[C@H]1CC[C@@H](c2cc3nc(Cl)cc(N4CCOCC4)n3n2)N(C(=O)c2cc(Cl)ccc2NS(C)(=O)=O)C1.C[C@H]1CC[C@@H](c2cc3nc(N4CCC4)cc(N4CCOCC4)n3n2)N(C(=O)c2cc(Cl)ccc2NS(C)(=O)=O)C1.Cl. The van der Waals surface area contributed by atoms with Crippen LogP contribution in [0, 0.1) is 11.8 Å². The molecule has 6 aliphatic heterocycles. The monoisotopic (exact) mass is 1280 g/mol. The van der Waals surface area contributed by atoms with Crippen LogP contribution in [0.5, 0.6) is 0 Å². The molecule has 6 aliphatic rings. The maximum atomic E-state index is 14.1. The van der Waals surface area contributed by atoms with Gasteiger partial charge in [-0.3, -0.25) is 19.0 Å². The van der Waals surface area contributed by atoms with Crippen LogP contribution in [0.2, 0.25) is 15.2 Å². The Hall–Kier alpha value is -5.44. The van der Waals surface area contributed by atoms with Crippen molar-refractivity contribution in [2.45, 2.75) is 79.3 Å². The standard InChI is InChI=1S/C27H34ClN7O4S.C24H28Cl2N6O4S.C3H7N.2CH4.ClH/c1-18-4-7-23(34(17-18)27(36)20-14-19(28)5-6-21(20)31-40(2,37)38)22-15-25-29-24(32-8-3-9-32)16-26(35(25)30-22)33-10-12-39-13-11-33;1-15-3-6-20(31(14-15)24(33)17-11-16(25)4-5-18(17)29-37(2,34)35)19-12-22-27-21(26)13-23(32(22)28-19)30-7-9-36-10-8-30;1-2-4-3-1;;;/h5-6,14-16,18,23,31H,3-4,7-13,17H2,1-2H3;4-5,11-13,15,20,29H,3,6-10,14H2,1-2H3;4H,1-3H2;2*1H4;1H/t18-,23-;15-,20-;;;;/m00..../s1. The molecular formula is C56H78Cl4N14O8S2. The highest BCUT2D eigenvalue weighted by molar-refractivity contribution is 7.92. The van der Waals surface area contributed by atoms with E-state index in [4.69, 9.17) is 59.5 Å². The van der Waals surface area contributed by atoms with E-state index in [0.29, 0.717) is 85.6 Å². The number of sulfonamides is 2.